The van der Waals surface area contributed by atoms with Gasteiger partial charge in [0.1, 0.15) is 0 Å². The Bertz CT molecular complexity index is 80.3. The second-order valence-corrected chi connectivity index (χ2v) is 3.24. The predicted molar refractivity (Wildman–Crippen MR) is 44.8 cm³/mol. The highest BCUT2D eigenvalue weighted by Crippen LogP contribution is 1.82. The van der Waals surface area contributed by atoms with Crippen LogP contribution < -0.4 is 0 Å². The van der Waals surface area contributed by atoms with Crippen molar-refractivity contribution in [3.05, 3.63) is 0 Å². The van der Waals surface area contributed by atoms with Crippen molar-refractivity contribution in [2.45, 2.75) is 22.9 Å². The third kappa shape index (κ3) is 9.93. The highest BCUT2D eigenvalue weighted by molar-refractivity contribution is 8.93. The van der Waals surface area contributed by atoms with Gasteiger partial charge in [0.05, 0.1) is 0 Å². The summed E-state index contributed by atoms with van der Waals surface area (Å²) in [5.74, 6) is 5.91. The van der Waals surface area contributed by atoms with Gasteiger partial charge in [-0.15, -0.1) is 33.4 Å². The van der Waals surface area contributed by atoms with Crippen molar-refractivity contribution in [2.24, 2.45) is 0 Å². The van der Waals surface area contributed by atoms with Gasteiger partial charge in [-0.3, -0.25) is 0 Å². The van der Waals surface area contributed by atoms with Crippen LogP contribution in [0.2, 0.25) is 9.60 Å². The van der Waals surface area contributed by atoms with Crippen LogP contribution in [0.25, 0.3) is 0 Å². The summed E-state index contributed by atoms with van der Waals surface area (Å²) >= 11 is 0.291. The molecule has 0 atom stereocenters. The lowest BCUT2D eigenvalue weighted by Crippen LogP contribution is -1.75. The Hall–Kier alpha value is 0.806. The molecule has 0 nitrogen and oxygen atoms in total. The summed E-state index contributed by atoms with van der Waals surface area (Å²) in [5.41, 5.74) is 0. The van der Waals surface area contributed by atoms with Crippen molar-refractivity contribution in [3.8, 4) is 11.8 Å². The topological polar surface area (TPSA) is 0 Å². The van der Waals surface area contributed by atoms with Crippen LogP contribution >= 0.6 is 17.0 Å². The Balaban J connectivity index is 0. The molecule has 0 heterocycles. The van der Waals surface area contributed by atoms with Crippen molar-refractivity contribution in [1.82, 2.24) is 0 Å². The highest BCUT2D eigenvalue weighted by atomic mass is 79.9. The molecule has 0 aromatic rings. The molecular formula is C6H11BrMg. The Kier molecular flexibility index (Phi) is 15.5. The summed E-state index contributed by atoms with van der Waals surface area (Å²) in [6.07, 6.45) is 1.14. The molecule has 0 aliphatic heterocycles. The first kappa shape index (κ1) is 11.6. The lowest BCUT2D eigenvalue weighted by atomic mass is 10.5. The molecule has 8 heavy (non-hydrogen) atoms. The molecule has 0 bridgehead atoms. The molecule has 0 aliphatic rings. The second kappa shape index (κ2) is 10.7. The zero-order chi connectivity index (χ0) is 5.54. The van der Waals surface area contributed by atoms with E-state index in [-0.39, 0.29) is 17.0 Å². The SMILES string of the molecule is Br.CC#CC[CH2][Mg][CH3]. The normalized spacial score (nSPS) is 5.25. The Labute approximate surface area is 71.9 Å². The minimum atomic E-state index is 0. The molecule has 0 amide bonds. The van der Waals surface area contributed by atoms with Crippen LogP contribution in [-0.2, 0) is 0 Å². The van der Waals surface area contributed by atoms with Crippen LogP contribution in [0.5, 0.6) is 0 Å². The van der Waals surface area contributed by atoms with Gasteiger partial charge >= 0.3 is 20.4 Å². The number of rotatable bonds is 2. The molecule has 0 aromatic heterocycles. The standard InChI is InChI=1S/C5H7.CH3.BrH.Mg/c1-3-5-4-2;;;/h1,3H2,2H3;1H3;1H;. The quantitative estimate of drug-likeness (QED) is 0.353. The number of hydrogen-bond donors (Lipinski definition) is 0. The third-order valence-corrected chi connectivity index (χ3v) is 1.89. The Morgan fingerprint density at radius 2 is 2.12 bits per heavy atom. The molecule has 0 aromatic carbocycles. The van der Waals surface area contributed by atoms with Crippen LogP contribution in [0, 0.1) is 11.8 Å². The molecule has 0 N–H and O–H groups in total. The molecular weight excluding hydrogens is 176 g/mol. The van der Waals surface area contributed by atoms with E-state index in [2.05, 4.69) is 16.9 Å². The molecule has 0 radical (unpaired) electrons. The molecule has 0 fully saturated rings. The average Bonchev–Trinajstić information content (AvgIpc) is 1.69. The zero-order valence-electron chi connectivity index (χ0n) is 5.53. The van der Waals surface area contributed by atoms with Crippen molar-refractivity contribution < 1.29 is 0 Å². The van der Waals surface area contributed by atoms with Crippen molar-refractivity contribution in [3.63, 3.8) is 0 Å². The van der Waals surface area contributed by atoms with E-state index in [0.717, 1.165) is 6.42 Å². The molecule has 0 saturated carbocycles. The van der Waals surface area contributed by atoms with Crippen LogP contribution in [0.3, 0.4) is 0 Å². The summed E-state index contributed by atoms with van der Waals surface area (Å²) in [7, 11) is 0. The van der Waals surface area contributed by atoms with Gasteiger partial charge in [-0.2, -0.15) is 5.05 Å². The first-order valence-corrected chi connectivity index (χ1v) is 5.22. The van der Waals surface area contributed by atoms with E-state index in [1.54, 1.807) is 0 Å². The maximum atomic E-state index is 3.03. The molecule has 0 saturated heterocycles. The first-order chi connectivity index (χ1) is 3.41. The second-order valence-electron chi connectivity index (χ2n) is 1.53. The van der Waals surface area contributed by atoms with E-state index in [0.29, 0.717) is 20.4 Å². The van der Waals surface area contributed by atoms with Crippen molar-refractivity contribution in [2.75, 3.05) is 0 Å². The van der Waals surface area contributed by atoms with Gasteiger partial charge < -0.3 is 0 Å². The molecule has 2 heteroatoms. The maximum Gasteiger partial charge on any atom is 0.361 e. The van der Waals surface area contributed by atoms with E-state index in [4.69, 9.17) is 0 Å². The van der Waals surface area contributed by atoms with E-state index in [9.17, 15) is 0 Å². The lowest BCUT2D eigenvalue weighted by Gasteiger charge is -1.77. The van der Waals surface area contributed by atoms with E-state index < -0.39 is 0 Å². The monoisotopic (exact) mass is 186 g/mol. The maximum absolute atomic E-state index is 3.03. The molecule has 0 rings (SSSR count). The fourth-order valence-corrected chi connectivity index (χ4v) is 0.920. The fraction of sp³-hybridized carbons (Fsp3) is 0.667. The highest BCUT2D eigenvalue weighted by Gasteiger charge is 1.79. The fourth-order valence-electron chi connectivity index (χ4n) is 0.390. The third-order valence-electron chi connectivity index (χ3n) is 0.832. The van der Waals surface area contributed by atoms with Crippen molar-refractivity contribution >= 4 is 37.3 Å². The summed E-state index contributed by atoms with van der Waals surface area (Å²) in [5, 5.41) is 2.32. The lowest BCUT2D eigenvalue weighted by molar-refractivity contribution is 1.25. The van der Waals surface area contributed by atoms with Crippen LogP contribution in [0.4, 0.5) is 0 Å². The molecule has 0 unspecified atom stereocenters. The van der Waals surface area contributed by atoms with Crippen LogP contribution in [0.15, 0.2) is 0 Å². The van der Waals surface area contributed by atoms with Gasteiger partial charge in [-0.05, 0) is 13.3 Å². The van der Waals surface area contributed by atoms with Crippen LogP contribution in [-0.4, -0.2) is 20.4 Å². The van der Waals surface area contributed by atoms with E-state index in [1.807, 2.05) is 6.92 Å². The van der Waals surface area contributed by atoms with Crippen LogP contribution in [0.1, 0.15) is 13.3 Å². The largest absolute Gasteiger partial charge is 0.361 e. The number of hydrogen-bond acceptors (Lipinski definition) is 0. The van der Waals surface area contributed by atoms with Gasteiger partial charge in [0, 0.05) is 0 Å². The molecule has 0 aliphatic carbocycles. The Morgan fingerprint density at radius 1 is 1.50 bits per heavy atom. The first-order valence-electron chi connectivity index (χ1n) is 2.81. The minimum absolute atomic E-state index is 0. The van der Waals surface area contributed by atoms with Crippen molar-refractivity contribution in [1.29, 1.82) is 0 Å². The summed E-state index contributed by atoms with van der Waals surface area (Å²) < 4.78 is 1.39. The summed E-state index contributed by atoms with van der Waals surface area (Å²) in [6, 6.07) is 0. The van der Waals surface area contributed by atoms with Gasteiger partial charge in [0.2, 0.25) is 0 Å². The van der Waals surface area contributed by atoms with Gasteiger partial charge in [0.15, 0.2) is 0 Å². The average molecular weight is 187 g/mol. The smallest absolute Gasteiger partial charge is 0.157 e. The number of halogens is 1. The van der Waals surface area contributed by atoms with Gasteiger partial charge in [0.25, 0.3) is 0 Å². The molecule has 0 spiro atoms. The Morgan fingerprint density at radius 3 is 2.50 bits per heavy atom. The van der Waals surface area contributed by atoms with Gasteiger partial charge in [-0.25, -0.2) is 0 Å². The van der Waals surface area contributed by atoms with E-state index in [1.165, 1.54) is 4.55 Å². The summed E-state index contributed by atoms with van der Waals surface area (Å²) in [6.45, 7) is 1.90. The summed E-state index contributed by atoms with van der Waals surface area (Å²) in [4.78, 5) is 0. The molecule has 44 valence electrons. The van der Waals surface area contributed by atoms with Gasteiger partial charge in [-0.1, -0.05) is 0 Å². The minimum Gasteiger partial charge on any atom is -0.157 e. The van der Waals surface area contributed by atoms with E-state index >= 15 is 0 Å². The zero-order valence-corrected chi connectivity index (χ0v) is 8.66. The predicted octanol–water partition coefficient (Wildman–Crippen LogP) is 2.15.